The highest BCUT2D eigenvalue weighted by molar-refractivity contribution is 6.35. The number of hydrogen-bond acceptors (Lipinski definition) is 2. The van der Waals surface area contributed by atoms with Gasteiger partial charge in [0, 0.05) is 12.2 Å². The maximum absolute atomic E-state index is 13.1. The van der Waals surface area contributed by atoms with Gasteiger partial charge in [-0.1, -0.05) is 23.2 Å². The Labute approximate surface area is 109 Å². The molecule has 94 valence electrons. The van der Waals surface area contributed by atoms with E-state index in [-0.39, 0.29) is 16.6 Å². The van der Waals surface area contributed by atoms with Crippen LogP contribution in [0.2, 0.25) is 10.0 Å². The summed E-state index contributed by atoms with van der Waals surface area (Å²) in [6, 6.07) is 2.72. The van der Waals surface area contributed by atoms with Gasteiger partial charge in [0.15, 0.2) is 5.82 Å². The molecule has 2 N–H and O–H groups in total. The molecule has 0 heterocycles. The maximum atomic E-state index is 13.1. The molecule has 0 radical (unpaired) electrons. The Morgan fingerprint density at radius 3 is 2.29 bits per heavy atom. The molecule has 0 amide bonds. The summed E-state index contributed by atoms with van der Waals surface area (Å²) in [6.07, 6.45) is 0. The minimum absolute atomic E-state index is 0.104. The SMILES string of the molecule is CC(C)(CNc1cc(Cl)c(F)c(Cl)c1)C(=O)O. The van der Waals surface area contributed by atoms with Crippen LogP contribution in [0.3, 0.4) is 0 Å². The molecule has 1 aromatic rings. The Hall–Kier alpha value is -1.00. The van der Waals surface area contributed by atoms with E-state index in [2.05, 4.69) is 5.32 Å². The van der Waals surface area contributed by atoms with Gasteiger partial charge in [0.2, 0.25) is 0 Å². The molecule has 0 aromatic heterocycles. The second kappa shape index (κ2) is 5.10. The molecular weight excluding hydrogens is 268 g/mol. The van der Waals surface area contributed by atoms with E-state index in [4.69, 9.17) is 28.3 Å². The summed E-state index contributed by atoms with van der Waals surface area (Å²) in [5.74, 6) is -1.61. The molecule has 0 fully saturated rings. The molecule has 1 aromatic carbocycles. The van der Waals surface area contributed by atoms with Gasteiger partial charge in [0.05, 0.1) is 15.5 Å². The number of rotatable bonds is 4. The fraction of sp³-hybridized carbons (Fsp3) is 0.364. The molecule has 0 bridgehead atoms. The van der Waals surface area contributed by atoms with Gasteiger partial charge >= 0.3 is 5.97 Å². The normalized spacial score (nSPS) is 11.4. The summed E-state index contributed by atoms with van der Waals surface area (Å²) >= 11 is 11.2. The summed E-state index contributed by atoms with van der Waals surface area (Å²) in [6.45, 7) is 3.34. The molecule has 0 aliphatic heterocycles. The Morgan fingerprint density at radius 1 is 1.41 bits per heavy atom. The fourth-order valence-electron chi connectivity index (χ4n) is 1.06. The highest BCUT2D eigenvalue weighted by Crippen LogP contribution is 2.28. The van der Waals surface area contributed by atoms with E-state index in [0.29, 0.717) is 5.69 Å². The molecule has 1 rings (SSSR count). The van der Waals surface area contributed by atoms with Crippen molar-refractivity contribution in [3.05, 3.63) is 28.0 Å². The van der Waals surface area contributed by atoms with Gasteiger partial charge in [0.1, 0.15) is 0 Å². The van der Waals surface area contributed by atoms with Crippen molar-refractivity contribution in [2.24, 2.45) is 5.41 Å². The fourth-order valence-corrected chi connectivity index (χ4v) is 1.54. The van der Waals surface area contributed by atoms with Crippen LogP contribution >= 0.6 is 23.2 Å². The highest BCUT2D eigenvalue weighted by Gasteiger charge is 2.26. The number of nitrogens with one attached hydrogen (secondary N) is 1. The second-order valence-electron chi connectivity index (χ2n) is 4.30. The smallest absolute Gasteiger partial charge is 0.310 e. The number of hydrogen-bond donors (Lipinski definition) is 2. The van der Waals surface area contributed by atoms with Crippen molar-refractivity contribution in [1.29, 1.82) is 0 Å². The van der Waals surface area contributed by atoms with Crippen molar-refractivity contribution in [2.45, 2.75) is 13.8 Å². The lowest BCUT2D eigenvalue weighted by Crippen LogP contribution is -2.31. The van der Waals surface area contributed by atoms with E-state index in [9.17, 15) is 9.18 Å². The molecular formula is C11H12Cl2FNO2. The monoisotopic (exact) mass is 279 g/mol. The lowest BCUT2D eigenvalue weighted by Gasteiger charge is -2.20. The van der Waals surface area contributed by atoms with Gasteiger partial charge < -0.3 is 10.4 Å². The van der Waals surface area contributed by atoms with E-state index >= 15 is 0 Å². The lowest BCUT2D eigenvalue weighted by atomic mass is 9.94. The Kier molecular flexibility index (Phi) is 4.22. The van der Waals surface area contributed by atoms with Crippen LogP contribution in [-0.2, 0) is 4.79 Å². The molecule has 0 spiro atoms. The summed E-state index contributed by atoms with van der Waals surface area (Å²) in [4.78, 5) is 10.9. The van der Waals surface area contributed by atoms with Gasteiger partial charge in [-0.05, 0) is 26.0 Å². The van der Waals surface area contributed by atoms with Crippen molar-refractivity contribution < 1.29 is 14.3 Å². The number of carboxylic acids is 1. The summed E-state index contributed by atoms with van der Waals surface area (Å²) < 4.78 is 13.1. The van der Waals surface area contributed by atoms with Crippen LogP contribution in [0, 0.1) is 11.2 Å². The quantitative estimate of drug-likeness (QED) is 0.827. The van der Waals surface area contributed by atoms with Crippen molar-refractivity contribution in [1.82, 2.24) is 0 Å². The first kappa shape index (κ1) is 14.1. The maximum Gasteiger partial charge on any atom is 0.310 e. The molecule has 0 saturated heterocycles. The first-order valence-electron chi connectivity index (χ1n) is 4.86. The van der Waals surface area contributed by atoms with E-state index in [1.54, 1.807) is 13.8 Å². The number of halogens is 3. The zero-order valence-electron chi connectivity index (χ0n) is 9.35. The number of benzene rings is 1. The largest absolute Gasteiger partial charge is 0.481 e. The third-order valence-corrected chi connectivity index (χ3v) is 2.85. The van der Waals surface area contributed by atoms with Crippen molar-refractivity contribution in [3.8, 4) is 0 Å². The summed E-state index contributed by atoms with van der Waals surface area (Å²) in [5, 5.41) is 11.6. The van der Waals surface area contributed by atoms with Crippen LogP contribution in [0.4, 0.5) is 10.1 Å². The van der Waals surface area contributed by atoms with E-state index in [0.717, 1.165) is 0 Å². The summed E-state index contributed by atoms with van der Waals surface area (Å²) in [5.41, 5.74) is -0.455. The molecule has 0 atom stereocenters. The van der Waals surface area contributed by atoms with Crippen LogP contribution in [0.1, 0.15) is 13.8 Å². The molecule has 3 nitrogen and oxygen atoms in total. The Morgan fingerprint density at radius 2 is 1.88 bits per heavy atom. The molecule has 17 heavy (non-hydrogen) atoms. The number of anilines is 1. The van der Waals surface area contributed by atoms with Crippen LogP contribution in [0.25, 0.3) is 0 Å². The molecule has 6 heteroatoms. The second-order valence-corrected chi connectivity index (χ2v) is 5.11. The highest BCUT2D eigenvalue weighted by atomic mass is 35.5. The molecule has 0 unspecified atom stereocenters. The van der Waals surface area contributed by atoms with Crippen LogP contribution in [-0.4, -0.2) is 17.6 Å². The molecule has 0 saturated carbocycles. The topological polar surface area (TPSA) is 49.3 Å². The predicted octanol–water partition coefficient (Wildman–Crippen LogP) is 3.66. The van der Waals surface area contributed by atoms with Gasteiger partial charge in [-0.3, -0.25) is 4.79 Å². The van der Waals surface area contributed by atoms with Crippen molar-refractivity contribution in [3.63, 3.8) is 0 Å². The van der Waals surface area contributed by atoms with Gasteiger partial charge in [-0.2, -0.15) is 0 Å². The van der Waals surface area contributed by atoms with Crippen LogP contribution in [0.5, 0.6) is 0 Å². The first-order chi connectivity index (χ1) is 7.74. The van der Waals surface area contributed by atoms with E-state index in [1.165, 1.54) is 12.1 Å². The average Bonchev–Trinajstić information content (AvgIpc) is 2.22. The first-order valence-corrected chi connectivity index (χ1v) is 5.61. The standard InChI is InChI=1S/C11H12Cl2FNO2/c1-11(2,10(16)17)5-15-6-3-7(12)9(14)8(13)4-6/h3-4,15H,5H2,1-2H3,(H,16,17). The van der Waals surface area contributed by atoms with Gasteiger partial charge in [0.25, 0.3) is 0 Å². The lowest BCUT2D eigenvalue weighted by molar-refractivity contribution is -0.146. The Balaban J connectivity index is 2.81. The van der Waals surface area contributed by atoms with E-state index < -0.39 is 17.2 Å². The third-order valence-electron chi connectivity index (χ3n) is 2.30. The zero-order valence-corrected chi connectivity index (χ0v) is 10.9. The van der Waals surface area contributed by atoms with Gasteiger partial charge in [-0.25, -0.2) is 4.39 Å². The molecule has 0 aliphatic carbocycles. The number of carbonyl (C=O) groups is 1. The van der Waals surface area contributed by atoms with Crippen molar-refractivity contribution >= 4 is 34.9 Å². The van der Waals surface area contributed by atoms with E-state index in [1.807, 2.05) is 0 Å². The van der Waals surface area contributed by atoms with Crippen LogP contribution in [0.15, 0.2) is 12.1 Å². The minimum atomic E-state index is -0.937. The van der Waals surface area contributed by atoms with Crippen LogP contribution < -0.4 is 5.32 Å². The number of aliphatic carboxylic acids is 1. The van der Waals surface area contributed by atoms with Crippen molar-refractivity contribution in [2.75, 3.05) is 11.9 Å². The minimum Gasteiger partial charge on any atom is -0.481 e. The average molecular weight is 280 g/mol. The number of carboxylic acid groups (broad SMARTS) is 1. The molecule has 0 aliphatic rings. The predicted molar refractivity (Wildman–Crippen MR) is 66.3 cm³/mol. The Bertz CT molecular complexity index is 426. The van der Waals surface area contributed by atoms with Gasteiger partial charge in [-0.15, -0.1) is 0 Å². The third kappa shape index (κ3) is 3.48. The summed E-state index contributed by atoms with van der Waals surface area (Å²) in [7, 11) is 0. The zero-order chi connectivity index (χ0) is 13.2.